The molecule has 31 heavy (non-hydrogen) atoms. The van der Waals surface area contributed by atoms with Crippen molar-refractivity contribution in [3.05, 3.63) is 68.7 Å². The van der Waals surface area contributed by atoms with E-state index in [-0.39, 0.29) is 17.6 Å². The number of amidine groups is 1. The van der Waals surface area contributed by atoms with Gasteiger partial charge in [-0.05, 0) is 73.9 Å². The fourth-order valence-electron chi connectivity index (χ4n) is 4.01. The molecule has 2 aliphatic rings. The molecule has 0 N–H and O–H groups in total. The smallest absolute Gasteiger partial charge is 0.269 e. The van der Waals surface area contributed by atoms with Crippen molar-refractivity contribution in [1.29, 1.82) is 0 Å². The lowest BCUT2D eigenvalue weighted by Crippen LogP contribution is -2.40. The second-order valence-electron chi connectivity index (χ2n) is 7.86. The number of amides is 1. The molecule has 0 atom stereocenters. The summed E-state index contributed by atoms with van der Waals surface area (Å²) in [5, 5.41) is 11.6. The third-order valence-corrected chi connectivity index (χ3v) is 6.84. The van der Waals surface area contributed by atoms with Crippen molar-refractivity contribution in [2.24, 2.45) is 4.99 Å². The van der Waals surface area contributed by atoms with Crippen molar-refractivity contribution in [2.75, 3.05) is 0 Å². The Morgan fingerprint density at radius 3 is 2.52 bits per heavy atom. The maximum atomic E-state index is 13.5. The number of rotatable bonds is 4. The van der Waals surface area contributed by atoms with Crippen molar-refractivity contribution < 1.29 is 9.72 Å². The van der Waals surface area contributed by atoms with Gasteiger partial charge in [0, 0.05) is 23.9 Å². The van der Waals surface area contributed by atoms with E-state index in [1.807, 2.05) is 36.9 Å². The highest BCUT2D eigenvalue weighted by atomic mass is 32.2. The summed E-state index contributed by atoms with van der Waals surface area (Å²) in [6.07, 6.45) is 5.35. The van der Waals surface area contributed by atoms with E-state index in [2.05, 4.69) is 4.98 Å². The zero-order valence-corrected chi connectivity index (χ0v) is 18.4. The molecule has 2 aromatic rings. The van der Waals surface area contributed by atoms with Crippen LogP contribution in [0.15, 0.2) is 52.4 Å². The van der Waals surface area contributed by atoms with Gasteiger partial charge in [-0.15, -0.1) is 0 Å². The Morgan fingerprint density at radius 2 is 1.87 bits per heavy atom. The Balaban J connectivity index is 1.73. The Bertz CT molecular complexity index is 1070. The first-order valence-corrected chi connectivity index (χ1v) is 11.2. The number of aryl methyl sites for hydroxylation is 1. The minimum Gasteiger partial charge on any atom is -0.283 e. The third-order valence-electron chi connectivity index (χ3n) is 5.69. The number of allylic oxidation sites excluding steroid dienone is 1. The van der Waals surface area contributed by atoms with Crippen LogP contribution in [0.4, 0.5) is 11.5 Å². The third kappa shape index (κ3) is 4.54. The van der Waals surface area contributed by atoms with Crippen LogP contribution in [0, 0.1) is 17.0 Å². The monoisotopic (exact) mass is 436 g/mol. The first-order chi connectivity index (χ1) is 14.9. The predicted molar refractivity (Wildman–Crippen MR) is 123 cm³/mol. The van der Waals surface area contributed by atoms with Crippen LogP contribution in [0.1, 0.15) is 50.3 Å². The molecule has 1 aromatic heterocycles. The van der Waals surface area contributed by atoms with Gasteiger partial charge in [0.15, 0.2) is 11.0 Å². The zero-order chi connectivity index (χ0) is 22.0. The number of non-ortho nitro benzene ring substituents is 1. The number of thioether (sulfide) groups is 1. The fourth-order valence-corrected chi connectivity index (χ4v) is 5.12. The number of carbonyl (C=O) groups excluding carboxylic acids is 1. The van der Waals surface area contributed by atoms with Crippen LogP contribution in [-0.4, -0.2) is 31.9 Å². The maximum Gasteiger partial charge on any atom is 0.269 e. The first kappa shape index (κ1) is 21.2. The quantitative estimate of drug-likeness (QED) is 0.352. The van der Waals surface area contributed by atoms with Crippen LogP contribution < -0.4 is 0 Å². The molecule has 160 valence electrons. The summed E-state index contributed by atoms with van der Waals surface area (Å²) >= 11 is 1.37. The van der Waals surface area contributed by atoms with Crippen LogP contribution in [-0.2, 0) is 4.79 Å². The van der Waals surface area contributed by atoms with Gasteiger partial charge in [-0.3, -0.25) is 19.8 Å². The molecule has 2 heterocycles. The van der Waals surface area contributed by atoms with E-state index in [1.54, 1.807) is 12.1 Å². The van der Waals surface area contributed by atoms with E-state index in [0.29, 0.717) is 15.9 Å². The number of hydrogen-bond acceptors (Lipinski definition) is 6. The minimum atomic E-state index is -0.424. The van der Waals surface area contributed by atoms with Crippen LogP contribution >= 0.6 is 11.8 Å². The lowest BCUT2D eigenvalue weighted by Gasteiger charge is -2.30. The van der Waals surface area contributed by atoms with E-state index in [4.69, 9.17) is 4.99 Å². The number of nitro benzene ring substituents is 1. The van der Waals surface area contributed by atoms with Crippen LogP contribution in [0.3, 0.4) is 0 Å². The van der Waals surface area contributed by atoms with Gasteiger partial charge in [-0.25, -0.2) is 9.98 Å². The van der Waals surface area contributed by atoms with E-state index in [0.717, 1.165) is 42.5 Å². The van der Waals surface area contributed by atoms with Crippen LogP contribution in [0.5, 0.6) is 0 Å². The summed E-state index contributed by atoms with van der Waals surface area (Å²) < 4.78 is 0. The molecule has 4 rings (SSSR count). The largest absolute Gasteiger partial charge is 0.283 e. The summed E-state index contributed by atoms with van der Waals surface area (Å²) in [4.78, 5) is 35.7. The summed E-state index contributed by atoms with van der Waals surface area (Å²) in [7, 11) is 0. The van der Waals surface area contributed by atoms with Crippen molar-refractivity contribution in [2.45, 2.75) is 52.0 Å². The van der Waals surface area contributed by atoms with Gasteiger partial charge in [-0.2, -0.15) is 0 Å². The number of nitrogens with zero attached hydrogens (tertiary/aromatic N) is 4. The number of pyridine rings is 1. The molecule has 1 aromatic carbocycles. The van der Waals surface area contributed by atoms with Crippen molar-refractivity contribution in [1.82, 2.24) is 9.88 Å². The highest BCUT2D eigenvalue weighted by Crippen LogP contribution is 2.41. The van der Waals surface area contributed by atoms with E-state index >= 15 is 0 Å². The van der Waals surface area contributed by atoms with Gasteiger partial charge in [0.1, 0.15) is 0 Å². The zero-order valence-electron chi connectivity index (χ0n) is 17.6. The minimum absolute atomic E-state index is 0.0311. The molecule has 1 aliphatic heterocycles. The molecule has 0 bridgehead atoms. The number of aliphatic imine (C=N–C) groups is 1. The number of carbonyl (C=O) groups is 1. The molecular formula is C23H24N4O3S. The highest BCUT2D eigenvalue weighted by molar-refractivity contribution is 8.18. The molecule has 1 aliphatic carbocycles. The van der Waals surface area contributed by atoms with Gasteiger partial charge in [-0.1, -0.05) is 25.3 Å². The Labute approximate surface area is 185 Å². The van der Waals surface area contributed by atoms with Crippen LogP contribution in [0.2, 0.25) is 0 Å². The molecule has 8 heteroatoms. The molecule has 0 unspecified atom stereocenters. The number of aromatic nitrogens is 1. The normalized spacial score (nSPS) is 20.4. The maximum absolute atomic E-state index is 13.5. The first-order valence-electron chi connectivity index (χ1n) is 10.4. The summed E-state index contributed by atoms with van der Waals surface area (Å²) in [6.45, 7) is 3.80. The molecule has 1 saturated carbocycles. The van der Waals surface area contributed by atoms with E-state index in [1.165, 1.54) is 30.3 Å². The molecule has 0 radical (unpaired) electrons. The van der Waals surface area contributed by atoms with Gasteiger partial charge in [0.05, 0.1) is 9.83 Å². The van der Waals surface area contributed by atoms with E-state index < -0.39 is 4.92 Å². The second-order valence-corrected chi connectivity index (χ2v) is 8.84. The number of benzene rings is 1. The standard InChI is InChI=1S/C23H24N4O3S/c1-15-7-6-10-20(24-15)25-23-26(18-8-4-3-5-9-18)22(28)21(31-23)16(2)17-11-13-19(14-12-17)27(29)30/h6-7,10-14,18H,3-5,8-9H2,1-2H3/b21-16-,25-23+. The Morgan fingerprint density at radius 1 is 1.16 bits per heavy atom. The second kappa shape index (κ2) is 9.01. The summed E-state index contributed by atoms with van der Waals surface area (Å²) in [5.74, 6) is 0.546. The van der Waals surface area contributed by atoms with Crippen LogP contribution in [0.25, 0.3) is 5.57 Å². The van der Waals surface area contributed by atoms with Gasteiger partial charge in [0.25, 0.3) is 11.6 Å². The molecule has 7 nitrogen and oxygen atoms in total. The Kier molecular flexibility index (Phi) is 6.18. The molecule has 0 spiro atoms. The Hall–Kier alpha value is -3.00. The fraction of sp³-hybridized carbons (Fsp3) is 0.348. The number of hydrogen-bond donors (Lipinski definition) is 0. The van der Waals surface area contributed by atoms with Gasteiger partial charge >= 0.3 is 0 Å². The topological polar surface area (TPSA) is 88.7 Å². The average Bonchev–Trinajstić information content (AvgIpc) is 3.09. The average molecular weight is 437 g/mol. The molecule has 1 amide bonds. The highest BCUT2D eigenvalue weighted by Gasteiger charge is 2.39. The van der Waals surface area contributed by atoms with Crippen molar-refractivity contribution in [3.8, 4) is 0 Å². The van der Waals surface area contributed by atoms with E-state index in [9.17, 15) is 14.9 Å². The van der Waals surface area contributed by atoms with Crippen molar-refractivity contribution >= 4 is 39.9 Å². The molecule has 1 saturated heterocycles. The van der Waals surface area contributed by atoms with Gasteiger partial charge in [0.2, 0.25) is 0 Å². The lowest BCUT2D eigenvalue weighted by atomic mass is 9.94. The SMILES string of the molecule is C/C(=C1/S/C(=N/c2cccc(C)n2)N(C2CCCCC2)C1=O)c1ccc([N+](=O)[O-])cc1. The van der Waals surface area contributed by atoms with Gasteiger partial charge < -0.3 is 0 Å². The molecular weight excluding hydrogens is 412 g/mol. The van der Waals surface area contributed by atoms with Crippen molar-refractivity contribution in [3.63, 3.8) is 0 Å². The summed E-state index contributed by atoms with van der Waals surface area (Å²) in [5.41, 5.74) is 2.50. The number of nitro groups is 1. The predicted octanol–water partition coefficient (Wildman–Crippen LogP) is 5.63. The lowest BCUT2D eigenvalue weighted by molar-refractivity contribution is -0.384. The summed E-state index contributed by atoms with van der Waals surface area (Å²) in [6, 6.07) is 12.1. The molecule has 2 fully saturated rings.